The zero-order valence-electron chi connectivity index (χ0n) is 12.4. The lowest BCUT2D eigenvalue weighted by Crippen LogP contribution is -2.10. The van der Waals surface area contributed by atoms with E-state index in [2.05, 4.69) is 15.1 Å². The van der Waals surface area contributed by atoms with Crippen molar-refractivity contribution in [1.29, 1.82) is 0 Å². The molecule has 0 unspecified atom stereocenters. The standard InChI is InChI=1S/C17H13ClN4O2/c18-15-9-13(20-17(21-15)10-4-2-1-3-5-10)16(22-19)12-7-6-11(23)8-14(12)24/h1-9,23-24H,19H2/b22-16+. The van der Waals surface area contributed by atoms with E-state index in [0.29, 0.717) is 17.1 Å². The number of nitrogens with two attached hydrogens (primary N) is 1. The zero-order valence-corrected chi connectivity index (χ0v) is 13.1. The van der Waals surface area contributed by atoms with E-state index >= 15 is 0 Å². The molecule has 0 spiro atoms. The molecule has 1 heterocycles. The lowest BCUT2D eigenvalue weighted by Gasteiger charge is -2.09. The van der Waals surface area contributed by atoms with Crippen LogP contribution in [0.2, 0.25) is 5.15 Å². The van der Waals surface area contributed by atoms with Gasteiger partial charge in [-0.1, -0.05) is 41.9 Å². The highest BCUT2D eigenvalue weighted by Crippen LogP contribution is 2.26. The average Bonchev–Trinajstić information content (AvgIpc) is 2.58. The molecule has 120 valence electrons. The van der Waals surface area contributed by atoms with E-state index < -0.39 is 0 Å². The van der Waals surface area contributed by atoms with E-state index in [4.69, 9.17) is 17.4 Å². The Bertz CT molecular complexity index is 914. The van der Waals surface area contributed by atoms with Gasteiger partial charge in [0, 0.05) is 23.3 Å². The molecule has 1 aromatic heterocycles. The van der Waals surface area contributed by atoms with E-state index in [-0.39, 0.29) is 22.4 Å². The molecule has 0 bridgehead atoms. The van der Waals surface area contributed by atoms with Gasteiger partial charge in [-0.2, -0.15) is 5.10 Å². The van der Waals surface area contributed by atoms with E-state index in [0.717, 1.165) is 5.56 Å². The number of rotatable bonds is 3. The van der Waals surface area contributed by atoms with Gasteiger partial charge < -0.3 is 16.1 Å². The molecule has 0 aliphatic heterocycles. The summed E-state index contributed by atoms with van der Waals surface area (Å²) in [6, 6.07) is 14.9. The van der Waals surface area contributed by atoms with Crippen molar-refractivity contribution < 1.29 is 10.2 Å². The first kappa shape index (κ1) is 15.8. The monoisotopic (exact) mass is 340 g/mol. The van der Waals surface area contributed by atoms with Gasteiger partial charge in [0.15, 0.2) is 5.82 Å². The third-order valence-electron chi connectivity index (χ3n) is 3.34. The van der Waals surface area contributed by atoms with Crippen LogP contribution in [0.15, 0.2) is 59.7 Å². The zero-order chi connectivity index (χ0) is 17.1. The Labute approximate surface area is 142 Å². The van der Waals surface area contributed by atoms with Gasteiger partial charge in [-0.3, -0.25) is 0 Å². The number of halogens is 1. The summed E-state index contributed by atoms with van der Waals surface area (Å²) >= 11 is 6.10. The number of hydrazone groups is 1. The molecule has 0 radical (unpaired) electrons. The molecule has 3 aromatic rings. The van der Waals surface area contributed by atoms with Gasteiger partial charge in [-0.25, -0.2) is 9.97 Å². The Morgan fingerprint density at radius 1 is 1.00 bits per heavy atom. The van der Waals surface area contributed by atoms with Gasteiger partial charge in [-0.05, 0) is 12.1 Å². The van der Waals surface area contributed by atoms with Crippen LogP contribution in [0, 0.1) is 0 Å². The van der Waals surface area contributed by atoms with Gasteiger partial charge in [-0.15, -0.1) is 0 Å². The normalized spacial score (nSPS) is 11.5. The number of phenolic OH excluding ortho intramolecular Hbond substituents is 2. The summed E-state index contributed by atoms with van der Waals surface area (Å²) in [4.78, 5) is 8.64. The first-order valence-electron chi connectivity index (χ1n) is 6.99. The lowest BCUT2D eigenvalue weighted by molar-refractivity contribution is 0.450. The van der Waals surface area contributed by atoms with Crippen LogP contribution in [-0.2, 0) is 0 Å². The second-order valence-corrected chi connectivity index (χ2v) is 5.33. The minimum absolute atomic E-state index is 0.0710. The van der Waals surface area contributed by atoms with Crippen LogP contribution in [-0.4, -0.2) is 25.9 Å². The first-order valence-corrected chi connectivity index (χ1v) is 7.37. The topological polar surface area (TPSA) is 105 Å². The maximum absolute atomic E-state index is 10.0. The van der Waals surface area contributed by atoms with Gasteiger partial charge in [0.1, 0.15) is 22.4 Å². The van der Waals surface area contributed by atoms with E-state index in [1.54, 1.807) is 0 Å². The molecule has 7 heteroatoms. The number of aromatic hydroxyl groups is 2. The highest BCUT2D eigenvalue weighted by Gasteiger charge is 2.16. The van der Waals surface area contributed by atoms with Crippen molar-refractivity contribution in [3.8, 4) is 22.9 Å². The van der Waals surface area contributed by atoms with Crippen LogP contribution >= 0.6 is 11.6 Å². The number of hydrogen-bond acceptors (Lipinski definition) is 6. The van der Waals surface area contributed by atoms with Crippen LogP contribution in [0.3, 0.4) is 0 Å². The predicted molar refractivity (Wildman–Crippen MR) is 92.1 cm³/mol. The Kier molecular flexibility index (Phi) is 4.31. The largest absolute Gasteiger partial charge is 0.508 e. The van der Waals surface area contributed by atoms with Crippen molar-refractivity contribution >= 4 is 17.3 Å². The van der Waals surface area contributed by atoms with Crippen molar-refractivity contribution in [2.75, 3.05) is 0 Å². The summed E-state index contributed by atoms with van der Waals surface area (Å²) in [5, 5.41) is 23.4. The quantitative estimate of drug-likeness (QED) is 0.294. The molecule has 0 atom stereocenters. The molecule has 4 N–H and O–H groups in total. The molecule has 2 aromatic carbocycles. The molecular formula is C17H13ClN4O2. The minimum Gasteiger partial charge on any atom is -0.508 e. The summed E-state index contributed by atoms with van der Waals surface area (Å²) in [6.45, 7) is 0. The van der Waals surface area contributed by atoms with Crippen LogP contribution in [0.1, 0.15) is 11.3 Å². The third-order valence-corrected chi connectivity index (χ3v) is 3.53. The second-order valence-electron chi connectivity index (χ2n) is 4.94. The van der Waals surface area contributed by atoms with Gasteiger partial charge in [0.05, 0.1) is 5.69 Å². The summed E-state index contributed by atoms with van der Waals surface area (Å²) in [6.07, 6.45) is 0. The van der Waals surface area contributed by atoms with Gasteiger partial charge in [0.2, 0.25) is 0 Å². The molecule has 0 amide bonds. The van der Waals surface area contributed by atoms with E-state index in [1.807, 2.05) is 30.3 Å². The average molecular weight is 341 g/mol. The molecule has 6 nitrogen and oxygen atoms in total. The minimum atomic E-state index is -0.171. The van der Waals surface area contributed by atoms with Crippen molar-refractivity contribution in [3.05, 3.63) is 71.0 Å². The van der Waals surface area contributed by atoms with Crippen LogP contribution in [0.5, 0.6) is 11.5 Å². The fraction of sp³-hybridized carbons (Fsp3) is 0. The van der Waals surface area contributed by atoms with Crippen molar-refractivity contribution in [3.63, 3.8) is 0 Å². The number of phenols is 2. The number of hydrogen-bond donors (Lipinski definition) is 3. The summed E-state index contributed by atoms with van der Waals surface area (Å²) < 4.78 is 0. The molecule has 0 saturated heterocycles. The van der Waals surface area contributed by atoms with Crippen LogP contribution in [0.4, 0.5) is 0 Å². The maximum atomic E-state index is 10.0. The van der Waals surface area contributed by atoms with E-state index in [1.165, 1.54) is 24.3 Å². The smallest absolute Gasteiger partial charge is 0.161 e. The summed E-state index contributed by atoms with van der Waals surface area (Å²) in [5.74, 6) is 5.67. The van der Waals surface area contributed by atoms with Crippen molar-refractivity contribution in [1.82, 2.24) is 9.97 Å². The Balaban J connectivity index is 2.12. The number of nitrogens with zero attached hydrogens (tertiary/aromatic N) is 3. The molecule has 24 heavy (non-hydrogen) atoms. The van der Waals surface area contributed by atoms with Gasteiger partial charge in [0.25, 0.3) is 0 Å². The Morgan fingerprint density at radius 2 is 1.75 bits per heavy atom. The lowest BCUT2D eigenvalue weighted by atomic mass is 10.1. The number of benzene rings is 2. The molecule has 0 fully saturated rings. The maximum Gasteiger partial charge on any atom is 0.161 e. The highest BCUT2D eigenvalue weighted by molar-refractivity contribution is 6.30. The predicted octanol–water partition coefficient (Wildman–Crippen LogP) is 2.92. The summed E-state index contributed by atoms with van der Waals surface area (Å²) in [5.41, 5.74) is 1.70. The molecule has 0 aliphatic carbocycles. The SMILES string of the molecule is N/N=C(/c1cc(Cl)nc(-c2ccccc2)n1)c1ccc(O)cc1O. The highest BCUT2D eigenvalue weighted by atomic mass is 35.5. The van der Waals surface area contributed by atoms with Gasteiger partial charge >= 0.3 is 0 Å². The van der Waals surface area contributed by atoms with Crippen molar-refractivity contribution in [2.45, 2.75) is 0 Å². The molecule has 0 saturated carbocycles. The molecule has 3 rings (SSSR count). The Morgan fingerprint density at radius 3 is 2.42 bits per heavy atom. The summed E-state index contributed by atoms with van der Waals surface area (Å²) in [7, 11) is 0. The van der Waals surface area contributed by atoms with Crippen LogP contribution in [0.25, 0.3) is 11.4 Å². The molecular weight excluding hydrogens is 328 g/mol. The fourth-order valence-electron chi connectivity index (χ4n) is 2.25. The van der Waals surface area contributed by atoms with E-state index in [9.17, 15) is 10.2 Å². The second kappa shape index (κ2) is 6.55. The molecule has 0 aliphatic rings. The van der Waals surface area contributed by atoms with Crippen LogP contribution < -0.4 is 5.84 Å². The fourth-order valence-corrected chi connectivity index (χ4v) is 2.43. The number of aromatic nitrogens is 2. The van der Waals surface area contributed by atoms with Crippen molar-refractivity contribution in [2.24, 2.45) is 10.9 Å². The first-order chi connectivity index (χ1) is 11.6. The third kappa shape index (κ3) is 3.13. The Hall–Kier alpha value is -3.12.